The molecule has 0 radical (unpaired) electrons. The van der Waals surface area contributed by atoms with Gasteiger partial charge in [-0.1, -0.05) is 0 Å². The second kappa shape index (κ2) is 3.11. The van der Waals surface area contributed by atoms with Crippen molar-refractivity contribution < 1.29 is 9.53 Å². The highest BCUT2D eigenvalue weighted by atomic mass is 32.2. The van der Waals surface area contributed by atoms with Crippen LogP contribution >= 0.6 is 23.5 Å². The number of ether oxygens (including phenoxy) is 1. The van der Waals surface area contributed by atoms with Crippen molar-refractivity contribution in [1.29, 1.82) is 0 Å². The largest absolute Gasteiger partial charge is 0.487 e. The van der Waals surface area contributed by atoms with Crippen molar-refractivity contribution in [3.63, 3.8) is 0 Å². The molecule has 0 unspecified atom stereocenters. The van der Waals surface area contributed by atoms with Crippen LogP contribution in [0.5, 0.6) is 0 Å². The Morgan fingerprint density at radius 2 is 2.09 bits per heavy atom. The normalized spacial score (nSPS) is 24.5. The molecular weight excluding hydrogens is 180 g/mol. The molecule has 11 heavy (non-hydrogen) atoms. The molecule has 60 valence electrons. The molecule has 0 aliphatic carbocycles. The van der Waals surface area contributed by atoms with Crippen LogP contribution in [0.15, 0.2) is 10.00 Å². The fourth-order valence-corrected chi connectivity index (χ4v) is 3.32. The van der Waals surface area contributed by atoms with Gasteiger partial charge in [0, 0.05) is 17.9 Å². The average molecular weight is 188 g/mol. The summed E-state index contributed by atoms with van der Waals surface area (Å²) < 4.78 is 6.39. The van der Waals surface area contributed by atoms with Crippen LogP contribution in [-0.2, 0) is 9.53 Å². The highest BCUT2D eigenvalue weighted by molar-refractivity contribution is 8.22. The second-order valence-electron chi connectivity index (χ2n) is 2.34. The third-order valence-electron chi connectivity index (χ3n) is 1.56. The summed E-state index contributed by atoms with van der Waals surface area (Å²) in [5.41, 5.74) is 0. The Bertz CT molecular complexity index is 218. The van der Waals surface area contributed by atoms with E-state index in [0.717, 1.165) is 15.7 Å². The predicted octanol–water partition coefficient (Wildman–Crippen LogP) is 1.62. The number of carbonyl (C=O) groups excluding carboxylic acids is 1. The zero-order valence-electron chi connectivity index (χ0n) is 5.96. The molecule has 2 heterocycles. The SMILES string of the molecule is O=C1CCSC2=C1OCCS2. The number of hydrogen-bond acceptors (Lipinski definition) is 4. The summed E-state index contributed by atoms with van der Waals surface area (Å²) in [5.74, 6) is 2.73. The van der Waals surface area contributed by atoms with E-state index in [1.807, 2.05) is 0 Å². The Morgan fingerprint density at radius 3 is 2.91 bits per heavy atom. The topological polar surface area (TPSA) is 26.3 Å². The van der Waals surface area contributed by atoms with E-state index in [9.17, 15) is 4.79 Å². The second-order valence-corrected chi connectivity index (χ2v) is 4.80. The Morgan fingerprint density at radius 1 is 1.27 bits per heavy atom. The summed E-state index contributed by atoms with van der Waals surface area (Å²) in [6.07, 6.45) is 0.643. The van der Waals surface area contributed by atoms with Gasteiger partial charge >= 0.3 is 0 Å². The number of carbonyl (C=O) groups is 1. The first kappa shape index (κ1) is 7.55. The van der Waals surface area contributed by atoms with E-state index >= 15 is 0 Å². The first-order valence-electron chi connectivity index (χ1n) is 3.54. The molecule has 0 bridgehead atoms. The minimum absolute atomic E-state index is 0.186. The smallest absolute Gasteiger partial charge is 0.199 e. The highest BCUT2D eigenvalue weighted by Crippen LogP contribution is 2.39. The van der Waals surface area contributed by atoms with Crippen LogP contribution in [0.2, 0.25) is 0 Å². The van der Waals surface area contributed by atoms with Gasteiger partial charge in [0.1, 0.15) is 0 Å². The van der Waals surface area contributed by atoms with Crippen molar-refractivity contribution >= 4 is 29.3 Å². The third kappa shape index (κ3) is 1.42. The van der Waals surface area contributed by atoms with E-state index in [0.29, 0.717) is 18.8 Å². The van der Waals surface area contributed by atoms with Crippen LogP contribution in [0.3, 0.4) is 0 Å². The Balaban J connectivity index is 2.27. The summed E-state index contributed by atoms with van der Waals surface area (Å²) in [7, 11) is 0. The maximum Gasteiger partial charge on any atom is 0.199 e. The van der Waals surface area contributed by atoms with E-state index in [-0.39, 0.29) is 5.78 Å². The Hall–Kier alpha value is -0.0900. The lowest BCUT2D eigenvalue weighted by Gasteiger charge is -2.22. The number of hydrogen-bond donors (Lipinski definition) is 0. The van der Waals surface area contributed by atoms with E-state index in [1.165, 1.54) is 0 Å². The van der Waals surface area contributed by atoms with Gasteiger partial charge in [0.2, 0.25) is 0 Å². The predicted molar refractivity (Wildman–Crippen MR) is 47.5 cm³/mol. The Labute approximate surface area is 73.7 Å². The average Bonchev–Trinajstić information content (AvgIpc) is 2.06. The molecule has 0 N–H and O–H groups in total. The third-order valence-corrected chi connectivity index (χ3v) is 3.95. The van der Waals surface area contributed by atoms with Gasteiger partial charge in [0.25, 0.3) is 0 Å². The minimum Gasteiger partial charge on any atom is -0.487 e. The quantitative estimate of drug-likeness (QED) is 0.577. The van der Waals surface area contributed by atoms with Gasteiger partial charge in [-0.25, -0.2) is 0 Å². The molecule has 4 heteroatoms. The molecule has 0 saturated carbocycles. The van der Waals surface area contributed by atoms with E-state index < -0.39 is 0 Å². The van der Waals surface area contributed by atoms with Crippen LogP contribution in [0, 0.1) is 0 Å². The van der Waals surface area contributed by atoms with Gasteiger partial charge in [-0.15, -0.1) is 23.5 Å². The molecule has 0 spiro atoms. The monoisotopic (exact) mass is 188 g/mol. The minimum atomic E-state index is 0.186. The molecule has 2 rings (SSSR count). The standard InChI is InChI=1S/C7H8O2S2/c8-5-1-3-10-7-6(5)9-2-4-11-7/h1-4H2. The zero-order chi connectivity index (χ0) is 7.68. The summed E-state index contributed by atoms with van der Waals surface area (Å²) >= 11 is 3.50. The number of Topliss-reactive ketones (excluding diaryl/α,β-unsaturated/α-hetero) is 1. The lowest BCUT2D eigenvalue weighted by molar-refractivity contribution is -0.118. The fraction of sp³-hybridized carbons (Fsp3) is 0.571. The number of thioether (sulfide) groups is 2. The van der Waals surface area contributed by atoms with E-state index in [1.54, 1.807) is 23.5 Å². The van der Waals surface area contributed by atoms with Crippen LogP contribution in [0.4, 0.5) is 0 Å². The van der Waals surface area contributed by atoms with Gasteiger partial charge in [-0.05, 0) is 0 Å². The summed E-state index contributed by atoms with van der Waals surface area (Å²) in [6, 6.07) is 0. The molecule has 2 aliphatic heterocycles. The van der Waals surface area contributed by atoms with Crippen LogP contribution in [0.1, 0.15) is 6.42 Å². The van der Waals surface area contributed by atoms with E-state index in [4.69, 9.17) is 4.74 Å². The first-order valence-corrected chi connectivity index (χ1v) is 5.51. The van der Waals surface area contributed by atoms with Gasteiger partial charge in [-0.3, -0.25) is 4.79 Å². The number of ketones is 1. The zero-order valence-corrected chi connectivity index (χ0v) is 7.59. The molecule has 0 amide bonds. The van der Waals surface area contributed by atoms with Gasteiger partial charge in [0.05, 0.1) is 10.8 Å². The molecule has 0 fully saturated rings. The van der Waals surface area contributed by atoms with Crippen LogP contribution in [-0.4, -0.2) is 23.9 Å². The van der Waals surface area contributed by atoms with Crippen molar-refractivity contribution in [1.82, 2.24) is 0 Å². The first-order chi connectivity index (χ1) is 5.38. The Kier molecular flexibility index (Phi) is 2.13. The molecule has 0 aromatic rings. The highest BCUT2D eigenvalue weighted by Gasteiger charge is 2.25. The molecule has 2 nitrogen and oxygen atoms in total. The summed E-state index contributed by atoms with van der Waals surface area (Å²) in [6.45, 7) is 0.690. The van der Waals surface area contributed by atoms with Gasteiger partial charge in [-0.2, -0.15) is 0 Å². The molecular formula is C7H8O2S2. The molecule has 0 aromatic carbocycles. The van der Waals surface area contributed by atoms with Gasteiger partial charge < -0.3 is 4.74 Å². The molecule has 0 atom stereocenters. The summed E-state index contributed by atoms with van der Waals surface area (Å²) in [5, 5.41) is 0. The maximum atomic E-state index is 11.2. The fourth-order valence-electron chi connectivity index (χ4n) is 1.05. The van der Waals surface area contributed by atoms with Crippen LogP contribution in [0.25, 0.3) is 0 Å². The van der Waals surface area contributed by atoms with Crippen LogP contribution < -0.4 is 0 Å². The molecule has 0 aromatic heterocycles. The van der Waals surface area contributed by atoms with Gasteiger partial charge in [0.15, 0.2) is 11.5 Å². The van der Waals surface area contributed by atoms with Crippen molar-refractivity contribution in [3.05, 3.63) is 10.00 Å². The molecule has 2 aliphatic rings. The van der Waals surface area contributed by atoms with E-state index in [2.05, 4.69) is 0 Å². The number of allylic oxidation sites excluding steroid dienone is 1. The lowest BCUT2D eigenvalue weighted by Crippen LogP contribution is -2.17. The van der Waals surface area contributed by atoms with Crippen molar-refractivity contribution in [2.75, 3.05) is 18.1 Å². The number of rotatable bonds is 0. The van der Waals surface area contributed by atoms with Crippen molar-refractivity contribution in [2.24, 2.45) is 0 Å². The maximum absolute atomic E-state index is 11.2. The lowest BCUT2D eigenvalue weighted by atomic mass is 10.3. The van der Waals surface area contributed by atoms with Crippen molar-refractivity contribution in [3.8, 4) is 0 Å². The summed E-state index contributed by atoms with van der Waals surface area (Å²) in [4.78, 5) is 11.2. The molecule has 0 saturated heterocycles. The van der Waals surface area contributed by atoms with Crippen molar-refractivity contribution in [2.45, 2.75) is 6.42 Å².